The fourth-order valence-electron chi connectivity index (χ4n) is 2.91. The normalized spacial score (nSPS) is 20.6. The van der Waals surface area contributed by atoms with Crippen LogP contribution in [-0.2, 0) is 9.53 Å². The van der Waals surface area contributed by atoms with Crippen LogP contribution in [0.2, 0.25) is 0 Å². The topological polar surface area (TPSA) is 46.6 Å². The molecule has 1 aliphatic heterocycles. The molecule has 108 valence electrons. The highest BCUT2D eigenvalue weighted by molar-refractivity contribution is 6.08. The molecule has 0 spiro atoms. The molecule has 0 aromatic heterocycles. The van der Waals surface area contributed by atoms with Crippen molar-refractivity contribution in [2.24, 2.45) is 0 Å². The van der Waals surface area contributed by atoms with E-state index in [4.69, 9.17) is 4.74 Å². The number of carbonyl (C=O) groups excluding carboxylic acids is 2. The molecule has 4 nitrogen and oxygen atoms in total. The summed E-state index contributed by atoms with van der Waals surface area (Å²) < 4.78 is 5.29. The Kier molecular flexibility index (Phi) is 2.97. The van der Waals surface area contributed by atoms with Gasteiger partial charge in [0.25, 0.3) is 5.91 Å². The molecule has 21 heavy (non-hydrogen) atoms. The van der Waals surface area contributed by atoms with Crippen LogP contribution in [0.15, 0.2) is 42.5 Å². The lowest BCUT2D eigenvalue weighted by atomic mass is 10.0. The largest absolute Gasteiger partial charge is 0.438 e. The summed E-state index contributed by atoms with van der Waals surface area (Å²) in [5, 5.41) is 1.88. The molecular formula is C17H17NO3. The molecule has 0 aliphatic carbocycles. The van der Waals surface area contributed by atoms with Gasteiger partial charge in [0.2, 0.25) is 0 Å². The van der Waals surface area contributed by atoms with Crippen molar-refractivity contribution >= 4 is 22.6 Å². The summed E-state index contributed by atoms with van der Waals surface area (Å²) in [7, 11) is 0. The predicted molar refractivity (Wildman–Crippen MR) is 79.8 cm³/mol. The second-order valence-electron chi connectivity index (χ2n) is 5.75. The summed E-state index contributed by atoms with van der Waals surface area (Å²) in [6.45, 7) is 5.16. The zero-order valence-electron chi connectivity index (χ0n) is 12.3. The summed E-state index contributed by atoms with van der Waals surface area (Å²) >= 11 is 0. The van der Waals surface area contributed by atoms with Gasteiger partial charge in [0.15, 0.2) is 5.72 Å². The number of benzene rings is 2. The number of ether oxygens (including phenoxy) is 1. The Balaban J connectivity index is 2.11. The van der Waals surface area contributed by atoms with Crippen molar-refractivity contribution in [2.45, 2.75) is 32.5 Å². The molecule has 3 rings (SSSR count). The summed E-state index contributed by atoms with van der Waals surface area (Å²) in [6.07, 6.45) is 0. The molecule has 4 heteroatoms. The van der Waals surface area contributed by atoms with Gasteiger partial charge in [0.1, 0.15) is 6.04 Å². The van der Waals surface area contributed by atoms with E-state index in [9.17, 15) is 9.59 Å². The molecule has 1 amide bonds. The minimum Gasteiger partial charge on any atom is -0.438 e. The Labute approximate surface area is 123 Å². The number of nitrogens with zero attached hydrogens (tertiary/aromatic N) is 1. The maximum Gasteiger partial charge on any atom is 0.330 e. The second kappa shape index (κ2) is 4.58. The maximum atomic E-state index is 12.9. The standard InChI is InChI=1S/C17H17NO3/c1-11-16(20)21-17(2,3)18(11)15(19)14-10-6-8-12-7-4-5-9-13(12)14/h4-11H,1-3H3/t11-/m1/s1. The third-order valence-corrected chi connectivity index (χ3v) is 3.90. The zero-order chi connectivity index (χ0) is 15.2. The molecule has 0 unspecified atom stereocenters. The van der Waals surface area contributed by atoms with E-state index in [2.05, 4.69) is 0 Å². The number of amides is 1. The zero-order valence-corrected chi connectivity index (χ0v) is 12.3. The number of rotatable bonds is 1. The van der Waals surface area contributed by atoms with Gasteiger partial charge in [-0.25, -0.2) is 4.79 Å². The first-order valence-electron chi connectivity index (χ1n) is 6.96. The van der Waals surface area contributed by atoms with Crippen molar-refractivity contribution in [3.63, 3.8) is 0 Å². The number of cyclic esters (lactones) is 1. The highest BCUT2D eigenvalue weighted by Gasteiger charge is 2.48. The van der Waals surface area contributed by atoms with Crippen molar-refractivity contribution in [1.29, 1.82) is 0 Å². The third kappa shape index (κ3) is 2.07. The van der Waals surface area contributed by atoms with Gasteiger partial charge in [-0.15, -0.1) is 0 Å². The predicted octanol–water partition coefficient (Wildman–Crippen LogP) is 2.96. The average molecular weight is 283 g/mol. The molecule has 1 heterocycles. The lowest BCUT2D eigenvalue weighted by molar-refractivity contribution is -0.148. The molecule has 0 N–H and O–H groups in total. The van der Waals surface area contributed by atoms with E-state index in [0.717, 1.165) is 10.8 Å². The fourth-order valence-corrected chi connectivity index (χ4v) is 2.91. The number of esters is 1. The first-order chi connectivity index (χ1) is 9.92. The number of fused-ring (bicyclic) bond motifs is 1. The van der Waals surface area contributed by atoms with Crippen LogP contribution in [0.4, 0.5) is 0 Å². The van der Waals surface area contributed by atoms with E-state index in [-0.39, 0.29) is 11.9 Å². The fraction of sp³-hybridized carbons (Fsp3) is 0.294. The summed E-state index contributed by atoms with van der Waals surface area (Å²) in [5.41, 5.74) is -0.337. The minimum atomic E-state index is -0.926. The Hall–Kier alpha value is -2.36. The van der Waals surface area contributed by atoms with E-state index in [1.54, 1.807) is 26.8 Å². The SMILES string of the molecule is C[C@@H]1C(=O)OC(C)(C)N1C(=O)c1cccc2ccccc12. The van der Waals surface area contributed by atoms with Gasteiger partial charge in [-0.1, -0.05) is 36.4 Å². The smallest absolute Gasteiger partial charge is 0.330 e. The van der Waals surface area contributed by atoms with Crippen molar-refractivity contribution in [1.82, 2.24) is 4.90 Å². The van der Waals surface area contributed by atoms with Crippen LogP contribution in [0.1, 0.15) is 31.1 Å². The Morgan fingerprint density at radius 1 is 1.14 bits per heavy atom. The molecular weight excluding hydrogens is 266 g/mol. The molecule has 1 atom stereocenters. The molecule has 2 aromatic carbocycles. The Morgan fingerprint density at radius 2 is 1.81 bits per heavy atom. The third-order valence-electron chi connectivity index (χ3n) is 3.90. The van der Waals surface area contributed by atoms with E-state index in [1.165, 1.54) is 4.90 Å². The maximum absolute atomic E-state index is 12.9. The number of hydrogen-bond acceptors (Lipinski definition) is 3. The van der Waals surface area contributed by atoms with Crippen LogP contribution < -0.4 is 0 Å². The lowest BCUT2D eigenvalue weighted by Crippen LogP contribution is -2.47. The number of carbonyl (C=O) groups is 2. The van der Waals surface area contributed by atoms with Crippen LogP contribution in [0.25, 0.3) is 10.8 Å². The van der Waals surface area contributed by atoms with E-state index >= 15 is 0 Å². The number of hydrogen-bond donors (Lipinski definition) is 0. The highest BCUT2D eigenvalue weighted by Crippen LogP contribution is 2.31. The monoisotopic (exact) mass is 283 g/mol. The van der Waals surface area contributed by atoms with Gasteiger partial charge in [-0.05, 0) is 37.6 Å². The summed E-state index contributed by atoms with van der Waals surface area (Å²) in [6, 6.07) is 12.7. The quantitative estimate of drug-likeness (QED) is 0.756. The van der Waals surface area contributed by atoms with Crippen molar-refractivity contribution in [3.05, 3.63) is 48.0 Å². The highest BCUT2D eigenvalue weighted by atomic mass is 16.6. The Bertz CT molecular complexity index is 730. The molecule has 2 aromatic rings. The van der Waals surface area contributed by atoms with Crippen LogP contribution in [0.3, 0.4) is 0 Å². The lowest BCUT2D eigenvalue weighted by Gasteiger charge is -2.31. The van der Waals surface area contributed by atoms with Gasteiger partial charge in [0, 0.05) is 5.56 Å². The van der Waals surface area contributed by atoms with Gasteiger partial charge in [-0.2, -0.15) is 0 Å². The van der Waals surface area contributed by atoms with Gasteiger partial charge in [0.05, 0.1) is 0 Å². The minimum absolute atomic E-state index is 0.185. The summed E-state index contributed by atoms with van der Waals surface area (Å²) in [5.74, 6) is -0.552. The molecule has 0 saturated carbocycles. The van der Waals surface area contributed by atoms with Crippen LogP contribution in [0, 0.1) is 0 Å². The Morgan fingerprint density at radius 3 is 2.48 bits per heavy atom. The average Bonchev–Trinajstić information content (AvgIpc) is 2.66. The molecule has 1 fully saturated rings. The van der Waals surface area contributed by atoms with Crippen molar-refractivity contribution in [3.8, 4) is 0 Å². The van der Waals surface area contributed by atoms with Crippen LogP contribution in [-0.4, -0.2) is 28.5 Å². The van der Waals surface area contributed by atoms with E-state index in [0.29, 0.717) is 5.56 Å². The van der Waals surface area contributed by atoms with E-state index in [1.807, 2.05) is 36.4 Å². The second-order valence-corrected chi connectivity index (χ2v) is 5.75. The first-order valence-corrected chi connectivity index (χ1v) is 6.96. The molecule has 0 bridgehead atoms. The first kappa shape index (κ1) is 13.6. The van der Waals surface area contributed by atoms with E-state index < -0.39 is 11.8 Å². The van der Waals surface area contributed by atoms with Gasteiger partial charge < -0.3 is 4.74 Å². The molecule has 0 radical (unpaired) electrons. The van der Waals surface area contributed by atoms with Crippen molar-refractivity contribution < 1.29 is 14.3 Å². The van der Waals surface area contributed by atoms with Crippen molar-refractivity contribution in [2.75, 3.05) is 0 Å². The summed E-state index contributed by atoms with van der Waals surface area (Å²) in [4.78, 5) is 26.2. The van der Waals surface area contributed by atoms with Gasteiger partial charge >= 0.3 is 5.97 Å². The van der Waals surface area contributed by atoms with Gasteiger partial charge in [-0.3, -0.25) is 9.69 Å². The molecule has 1 aliphatic rings. The van der Waals surface area contributed by atoms with Crippen LogP contribution in [0.5, 0.6) is 0 Å². The van der Waals surface area contributed by atoms with Crippen LogP contribution >= 0.6 is 0 Å². The molecule has 1 saturated heterocycles.